The van der Waals surface area contributed by atoms with Crippen LogP contribution in [0.2, 0.25) is 0 Å². The van der Waals surface area contributed by atoms with Gasteiger partial charge in [0.05, 0.1) is 25.1 Å². The van der Waals surface area contributed by atoms with Crippen LogP contribution in [0.25, 0.3) is 0 Å². The molecular formula is C23H25N5O3. The van der Waals surface area contributed by atoms with Crippen molar-refractivity contribution >= 4 is 29.3 Å². The Bertz CT molecular complexity index is 1080. The number of anilines is 1. The molecule has 2 saturated carbocycles. The Hall–Kier alpha value is -3.29. The first-order chi connectivity index (χ1) is 15.1. The van der Waals surface area contributed by atoms with Crippen molar-refractivity contribution in [2.45, 2.75) is 50.9 Å². The summed E-state index contributed by atoms with van der Waals surface area (Å²) in [6.45, 7) is 0. The number of benzene rings is 1. The average Bonchev–Trinajstić information content (AvgIpc) is 3.55. The van der Waals surface area contributed by atoms with Gasteiger partial charge in [0, 0.05) is 17.7 Å². The fraction of sp³-hybridized carbons (Fsp3) is 0.435. The summed E-state index contributed by atoms with van der Waals surface area (Å²) < 4.78 is 6.69. The lowest BCUT2D eigenvalue weighted by molar-refractivity contribution is -0.120. The van der Waals surface area contributed by atoms with E-state index in [2.05, 4.69) is 20.4 Å². The highest BCUT2D eigenvalue weighted by Crippen LogP contribution is 2.40. The average molecular weight is 419 g/mol. The van der Waals surface area contributed by atoms with Crippen LogP contribution in [0.1, 0.15) is 55.7 Å². The molecule has 1 unspecified atom stereocenters. The van der Waals surface area contributed by atoms with Crippen molar-refractivity contribution in [1.82, 2.24) is 9.78 Å². The largest absolute Gasteiger partial charge is 0.497 e. The van der Waals surface area contributed by atoms with Gasteiger partial charge in [-0.3, -0.25) is 9.59 Å². The summed E-state index contributed by atoms with van der Waals surface area (Å²) in [6, 6.07) is 9.27. The lowest BCUT2D eigenvalue weighted by Gasteiger charge is -2.24. The van der Waals surface area contributed by atoms with Crippen molar-refractivity contribution in [2.75, 3.05) is 12.4 Å². The Balaban J connectivity index is 1.39. The zero-order valence-electron chi connectivity index (χ0n) is 17.5. The molecule has 0 spiro atoms. The van der Waals surface area contributed by atoms with Gasteiger partial charge in [-0.05, 0) is 49.8 Å². The van der Waals surface area contributed by atoms with Crippen LogP contribution in [-0.4, -0.2) is 40.4 Å². The highest BCUT2D eigenvalue weighted by Gasteiger charge is 2.33. The number of hydrogen-bond acceptors (Lipinski definition) is 5. The van der Waals surface area contributed by atoms with E-state index in [4.69, 9.17) is 4.74 Å². The zero-order valence-corrected chi connectivity index (χ0v) is 17.5. The Kier molecular flexibility index (Phi) is 5.13. The second-order valence-corrected chi connectivity index (χ2v) is 8.37. The smallest absolute Gasteiger partial charge is 0.257 e. The maximum absolute atomic E-state index is 12.7. The molecule has 0 bridgehead atoms. The minimum Gasteiger partial charge on any atom is -0.497 e. The summed E-state index contributed by atoms with van der Waals surface area (Å²) >= 11 is 0. The number of nitrogens with zero attached hydrogens (tertiary/aromatic N) is 4. The van der Waals surface area contributed by atoms with Gasteiger partial charge >= 0.3 is 0 Å². The molecule has 8 heteroatoms. The standard InChI is InChI=1S/C23H25N5O3/c1-31-16-10-6-14(7-11-16)12-21(29)25-20-13-19(15-8-9-15)27-28(20)23-24-18-5-3-2-4-17(18)22(30)26-23/h6-7,10-11,13,15,17H,2-5,8-9,12H2,1H3,(H,25,29). The first-order valence-electron chi connectivity index (χ1n) is 10.8. The lowest BCUT2D eigenvalue weighted by Crippen LogP contribution is -2.33. The van der Waals surface area contributed by atoms with Crippen LogP contribution in [0, 0.1) is 5.92 Å². The molecule has 1 aliphatic heterocycles. The number of aliphatic imine (C=N–C) groups is 2. The summed E-state index contributed by atoms with van der Waals surface area (Å²) in [5, 5.41) is 7.59. The van der Waals surface area contributed by atoms with Crippen molar-refractivity contribution in [3.8, 4) is 5.75 Å². The SMILES string of the molecule is COc1ccc(CC(=O)Nc2cc(C3CC3)nn2C2=NC(=O)C3CCCCC3=N2)cc1. The number of rotatable bonds is 5. The van der Waals surface area contributed by atoms with E-state index in [1.165, 1.54) is 4.68 Å². The van der Waals surface area contributed by atoms with Crippen LogP contribution in [-0.2, 0) is 16.0 Å². The maximum atomic E-state index is 12.7. The van der Waals surface area contributed by atoms with Crippen LogP contribution < -0.4 is 10.1 Å². The number of hydrogen-bond donors (Lipinski definition) is 1. The molecule has 5 rings (SSSR count). The van der Waals surface area contributed by atoms with Crippen LogP contribution >= 0.6 is 0 Å². The summed E-state index contributed by atoms with van der Waals surface area (Å²) in [4.78, 5) is 34.2. The van der Waals surface area contributed by atoms with E-state index < -0.39 is 0 Å². The van der Waals surface area contributed by atoms with Crippen LogP contribution in [0.3, 0.4) is 0 Å². The van der Waals surface area contributed by atoms with Crippen molar-refractivity contribution in [1.29, 1.82) is 0 Å². The summed E-state index contributed by atoms with van der Waals surface area (Å²) in [6.07, 6.45) is 6.07. The summed E-state index contributed by atoms with van der Waals surface area (Å²) in [7, 11) is 1.61. The van der Waals surface area contributed by atoms with Crippen LogP contribution in [0.4, 0.5) is 5.82 Å². The molecule has 2 heterocycles. The molecular weight excluding hydrogens is 394 g/mol. The molecule has 0 saturated heterocycles. The molecule has 8 nitrogen and oxygen atoms in total. The molecule has 0 radical (unpaired) electrons. The topological polar surface area (TPSA) is 97.9 Å². The molecule has 1 atom stereocenters. The second kappa shape index (κ2) is 8.09. The summed E-state index contributed by atoms with van der Waals surface area (Å²) in [5.41, 5.74) is 2.67. The van der Waals surface area contributed by atoms with E-state index in [0.717, 1.165) is 61.2 Å². The highest BCUT2D eigenvalue weighted by atomic mass is 16.5. The molecule has 2 fully saturated rings. The third-order valence-electron chi connectivity index (χ3n) is 6.03. The van der Waals surface area contributed by atoms with Crippen molar-refractivity contribution in [3.05, 3.63) is 41.6 Å². The van der Waals surface area contributed by atoms with Gasteiger partial charge < -0.3 is 10.1 Å². The van der Waals surface area contributed by atoms with E-state index in [1.54, 1.807) is 7.11 Å². The van der Waals surface area contributed by atoms with E-state index in [9.17, 15) is 9.59 Å². The molecule has 1 N–H and O–H groups in total. The maximum Gasteiger partial charge on any atom is 0.257 e. The van der Waals surface area contributed by atoms with Gasteiger partial charge in [-0.15, -0.1) is 0 Å². The van der Waals surface area contributed by atoms with Crippen molar-refractivity contribution < 1.29 is 14.3 Å². The Morgan fingerprint density at radius 2 is 1.97 bits per heavy atom. The van der Waals surface area contributed by atoms with E-state index in [-0.39, 0.29) is 30.1 Å². The Morgan fingerprint density at radius 1 is 1.16 bits per heavy atom. The molecule has 2 amide bonds. The number of carbonyl (C=O) groups excluding carboxylic acids is 2. The number of fused-ring (bicyclic) bond motifs is 1. The minimum absolute atomic E-state index is 0.154. The minimum atomic E-state index is -0.191. The number of methoxy groups -OCH3 is 1. The number of amides is 2. The third-order valence-corrected chi connectivity index (χ3v) is 6.03. The van der Waals surface area contributed by atoms with E-state index >= 15 is 0 Å². The second-order valence-electron chi connectivity index (χ2n) is 8.37. The Labute approximate surface area is 180 Å². The monoisotopic (exact) mass is 419 g/mol. The molecule has 3 aliphatic rings. The predicted molar refractivity (Wildman–Crippen MR) is 117 cm³/mol. The predicted octanol–water partition coefficient (Wildman–Crippen LogP) is 3.33. The van der Waals surface area contributed by atoms with Gasteiger partial charge in [-0.2, -0.15) is 14.8 Å². The fourth-order valence-corrected chi connectivity index (χ4v) is 4.16. The fourth-order valence-electron chi connectivity index (χ4n) is 4.16. The molecule has 2 aliphatic carbocycles. The molecule has 1 aromatic heterocycles. The summed E-state index contributed by atoms with van der Waals surface area (Å²) in [5.74, 6) is 1.39. The van der Waals surface area contributed by atoms with Crippen LogP contribution in [0.5, 0.6) is 5.75 Å². The zero-order chi connectivity index (χ0) is 21.4. The first kappa shape index (κ1) is 19.7. The van der Waals surface area contributed by atoms with Gasteiger partial charge in [0.2, 0.25) is 5.91 Å². The van der Waals surface area contributed by atoms with Crippen LogP contribution in [0.15, 0.2) is 40.3 Å². The third kappa shape index (κ3) is 4.15. The molecule has 160 valence electrons. The first-order valence-corrected chi connectivity index (χ1v) is 10.8. The number of aromatic nitrogens is 2. The molecule has 2 aromatic rings. The Morgan fingerprint density at radius 3 is 2.71 bits per heavy atom. The number of carbonyl (C=O) groups is 2. The molecule has 1 aromatic carbocycles. The molecule has 31 heavy (non-hydrogen) atoms. The van der Waals surface area contributed by atoms with Crippen molar-refractivity contribution in [2.24, 2.45) is 15.9 Å². The van der Waals surface area contributed by atoms with Gasteiger partial charge in [0.25, 0.3) is 11.9 Å². The van der Waals surface area contributed by atoms with E-state index in [1.807, 2.05) is 30.3 Å². The van der Waals surface area contributed by atoms with E-state index in [0.29, 0.717) is 11.7 Å². The normalized spacial score (nSPS) is 20.5. The number of nitrogens with one attached hydrogen (secondary N) is 1. The van der Waals surface area contributed by atoms with Gasteiger partial charge in [0.1, 0.15) is 11.6 Å². The van der Waals surface area contributed by atoms with Crippen molar-refractivity contribution in [3.63, 3.8) is 0 Å². The van der Waals surface area contributed by atoms with Gasteiger partial charge in [-0.1, -0.05) is 18.6 Å². The van der Waals surface area contributed by atoms with Gasteiger partial charge in [-0.25, -0.2) is 4.99 Å². The van der Waals surface area contributed by atoms with Gasteiger partial charge in [0.15, 0.2) is 0 Å². The highest BCUT2D eigenvalue weighted by molar-refractivity contribution is 6.16. The quantitative estimate of drug-likeness (QED) is 0.804. The lowest BCUT2D eigenvalue weighted by atomic mass is 9.86. The number of ether oxygens (including phenoxy) is 1.